The average Bonchev–Trinajstić information content (AvgIpc) is 3.04. The Bertz CT molecular complexity index is 860. The Hall–Kier alpha value is -2.18. The van der Waals surface area contributed by atoms with Crippen LogP contribution in [0.15, 0.2) is 53.6 Å². The van der Waals surface area contributed by atoms with E-state index in [9.17, 15) is 4.79 Å². The normalized spacial score (nSPS) is 10.7. The van der Waals surface area contributed by atoms with Gasteiger partial charge in [-0.2, -0.15) is 0 Å². The van der Waals surface area contributed by atoms with Gasteiger partial charge in [-0.25, -0.2) is 4.98 Å². The van der Waals surface area contributed by atoms with Gasteiger partial charge < -0.3 is 4.90 Å². The van der Waals surface area contributed by atoms with Crippen LogP contribution >= 0.6 is 23.1 Å². The van der Waals surface area contributed by atoms with Gasteiger partial charge in [-0.05, 0) is 43.0 Å². The predicted molar refractivity (Wildman–Crippen MR) is 104 cm³/mol. The average molecular weight is 370 g/mol. The Balaban J connectivity index is 1.76. The molecule has 6 heteroatoms. The molecule has 25 heavy (non-hydrogen) atoms. The van der Waals surface area contributed by atoms with Crippen LogP contribution in [0.3, 0.4) is 0 Å². The molecule has 0 saturated heterocycles. The molecule has 128 valence electrons. The fourth-order valence-electron chi connectivity index (χ4n) is 2.44. The molecule has 1 amide bonds. The SMILES string of the molecule is CSc1ccc(CN(C)C(=O)c2sc(-c3ccccn3)nc2C)cc1. The van der Waals surface area contributed by atoms with Gasteiger partial charge in [-0.3, -0.25) is 9.78 Å². The van der Waals surface area contributed by atoms with Crippen molar-refractivity contribution in [1.29, 1.82) is 0 Å². The van der Waals surface area contributed by atoms with Crippen molar-refractivity contribution in [3.63, 3.8) is 0 Å². The first-order chi connectivity index (χ1) is 12.1. The minimum absolute atomic E-state index is 0.00822. The van der Waals surface area contributed by atoms with Crippen LogP contribution in [0.1, 0.15) is 20.9 Å². The maximum atomic E-state index is 12.8. The number of thioether (sulfide) groups is 1. The van der Waals surface area contributed by atoms with Crippen molar-refractivity contribution < 1.29 is 4.79 Å². The lowest BCUT2D eigenvalue weighted by Crippen LogP contribution is -2.26. The quantitative estimate of drug-likeness (QED) is 0.621. The Morgan fingerprint density at radius 1 is 1.20 bits per heavy atom. The fourth-order valence-corrected chi connectivity index (χ4v) is 3.89. The predicted octanol–water partition coefficient (Wildman–Crippen LogP) is 4.51. The number of hydrogen-bond acceptors (Lipinski definition) is 5. The summed E-state index contributed by atoms with van der Waals surface area (Å²) in [4.78, 5) is 25.3. The highest BCUT2D eigenvalue weighted by molar-refractivity contribution is 7.98. The summed E-state index contributed by atoms with van der Waals surface area (Å²) in [6.45, 7) is 2.45. The topological polar surface area (TPSA) is 46.1 Å². The van der Waals surface area contributed by atoms with Crippen molar-refractivity contribution in [2.45, 2.75) is 18.4 Å². The van der Waals surface area contributed by atoms with E-state index >= 15 is 0 Å². The second-order valence-corrected chi connectivity index (χ2v) is 7.54. The van der Waals surface area contributed by atoms with Crippen LogP contribution in [-0.2, 0) is 6.54 Å². The smallest absolute Gasteiger partial charge is 0.265 e. The van der Waals surface area contributed by atoms with E-state index in [2.05, 4.69) is 40.5 Å². The number of benzene rings is 1. The Kier molecular flexibility index (Phi) is 5.50. The number of pyridine rings is 1. The van der Waals surface area contributed by atoms with Crippen LogP contribution in [0.2, 0.25) is 0 Å². The largest absolute Gasteiger partial charge is 0.337 e. The number of hydrogen-bond donors (Lipinski definition) is 0. The zero-order chi connectivity index (χ0) is 17.8. The van der Waals surface area contributed by atoms with E-state index in [1.54, 1.807) is 22.9 Å². The van der Waals surface area contributed by atoms with Gasteiger partial charge in [0.2, 0.25) is 0 Å². The summed E-state index contributed by atoms with van der Waals surface area (Å²) < 4.78 is 0. The van der Waals surface area contributed by atoms with Gasteiger partial charge in [0.25, 0.3) is 5.91 Å². The molecule has 2 aromatic heterocycles. The van der Waals surface area contributed by atoms with Gasteiger partial charge in [0.05, 0.1) is 11.4 Å². The van der Waals surface area contributed by atoms with Gasteiger partial charge in [0.1, 0.15) is 9.88 Å². The number of aryl methyl sites for hydroxylation is 1. The third-order valence-corrected chi connectivity index (χ3v) is 5.71. The van der Waals surface area contributed by atoms with Crippen LogP contribution in [-0.4, -0.2) is 34.1 Å². The number of carbonyl (C=O) groups is 1. The summed E-state index contributed by atoms with van der Waals surface area (Å²) in [5, 5.41) is 0.777. The van der Waals surface area contributed by atoms with Crippen molar-refractivity contribution in [1.82, 2.24) is 14.9 Å². The van der Waals surface area contributed by atoms with Crippen LogP contribution < -0.4 is 0 Å². The van der Waals surface area contributed by atoms with E-state index in [0.717, 1.165) is 22.0 Å². The summed E-state index contributed by atoms with van der Waals surface area (Å²) in [6, 6.07) is 14.0. The van der Waals surface area contributed by atoms with E-state index < -0.39 is 0 Å². The van der Waals surface area contributed by atoms with E-state index in [1.165, 1.54) is 16.2 Å². The molecule has 0 N–H and O–H groups in total. The number of aromatic nitrogens is 2. The second kappa shape index (κ2) is 7.80. The highest BCUT2D eigenvalue weighted by Gasteiger charge is 2.20. The second-order valence-electron chi connectivity index (χ2n) is 5.66. The Morgan fingerprint density at radius 2 is 1.96 bits per heavy atom. The molecule has 0 radical (unpaired) electrons. The summed E-state index contributed by atoms with van der Waals surface area (Å²) in [5.74, 6) is -0.00822. The first-order valence-corrected chi connectivity index (χ1v) is 9.90. The molecule has 0 aliphatic carbocycles. The molecule has 3 aromatic rings. The van der Waals surface area contributed by atoms with Crippen molar-refractivity contribution in [2.24, 2.45) is 0 Å². The van der Waals surface area contributed by atoms with Crippen molar-refractivity contribution in [3.05, 3.63) is 64.8 Å². The first-order valence-electron chi connectivity index (χ1n) is 7.85. The van der Waals surface area contributed by atoms with Crippen molar-refractivity contribution in [2.75, 3.05) is 13.3 Å². The van der Waals surface area contributed by atoms with Crippen molar-refractivity contribution >= 4 is 29.0 Å². The van der Waals surface area contributed by atoms with Crippen LogP contribution in [0.25, 0.3) is 10.7 Å². The molecule has 0 atom stereocenters. The molecule has 0 saturated carbocycles. The molecule has 0 aliphatic rings. The summed E-state index contributed by atoms with van der Waals surface area (Å²) >= 11 is 3.11. The molecule has 0 unspecified atom stereocenters. The van der Waals surface area contributed by atoms with E-state index in [4.69, 9.17) is 0 Å². The summed E-state index contributed by atoms with van der Waals surface area (Å²) in [6.07, 6.45) is 3.79. The minimum Gasteiger partial charge on any atom is -0.337 e. The molecule has 2 heterocycles. The lowest BCUT2D eigenvalue weighted by Gasteiger charge is -2.16. The maximum absolute atomic E-state index is 12.8. The third kappa shape index (κ3) is 4.08. The van der Waals surface area contributed by atoms with Crippen molar-refractivity contribution in [3.8, 4) is 10.7 Å². The first kappa shape index (κ1) is 17.6. The zero-order valence-electron chi connectivity index (χ0n) is 14.4. The molecule has 3 rings (SSSR count). The lowest BCUT2D eigenvalue weighted by molar-refractivity contribution is 0.0789. The van der Waals surface area contributed by atoms with Crippen LogP contribution in [0.4, 0.5) is 0 Å². The zero-order valence-corrected chi connectivity index (χ0v) is 16.0. The Labute approximate surface area is 155 Å². The molecular formula is C19H19N3OS2. The molecule has 0 fully saturated rings. The number of amides is 1. The van der Waals surface area contributed by atoms with E-state index in [0.29, 0.717) is 11.4 Å². The van der Waals surface area contributed by atoms with Crippen LogP contribution in [0, 0.1) is 6.92 Å². The highest BCUT2D eigenvalue weighted by Crippen LogP contribution is 2.27. The van der Waals surface area contributed by atoms with Gasteiger partial charge in [-0.1, -0.05) is 18.2 Å². The third-order valence-electron chi connectivity index (χ3n) is 3.80. The molecular weight excluding hydrogens is 350 g/mol. The minimum atomic E-state index is -0.00822. The van der Waals surface area contributed by atoms with Gasteiger partial charge in [0.15, 0.2) is 0 Å². The molecule has 0 bridgehead atoms. The van der Waals surface area contributed by atoms with Gasteiger partial charge in [-0.15, -0.1) is 23.1 Å². The monoisotopic (exact) mass is 369 g/mol. The number of carbonyl (C=O) groups excluding carboxylic acids is 1. The fraction of sp³-hybridized carbons (Fsp3) is 0.211. The number of rotatable bonds is 5. The maximum Gasteiger partial charge on any atom is 0.265 e. The summed E-state index contributed by atoms with van der Waals surface area (Å²) in [7, 11) is 1.82. The Morgan fingerprint density at radius 3 is 2.60 bits per heavy atom. The van der Waals surface area contributed by atoms with E-state index in [-0.39, 0.29) is 5.91 Å². The highest BCUT2D eigenvalue weighted by atomic mass is 32.2. The van der Waals surface area contributed by atoms with Crippen LogP contribution in [0.5, 0.6) is 0 Å². The van der Waals surface area contributed by atoms with Gasteiger partial charge in [0, 0.05) is 24.7 Å². The number of thiazole rings is 1. The molecule has 4 nitrogen and oxygen atoms in total. The number of nitrogens with zero attached hydrogens (tertiary/aromatic N) is 3. The van der Waals surface area contributed by atoms with Gasteiger partial charge >= 0.3 is 0 Å². The standard InChI is InChI=1S/C19H19N3OS2/c1-13-17(25-18(21-13)16-6-4-5-11-20-16)19(23)22(2)12-14-7-9-15(24-3)10-8-14/h4-11H,12H2,1-3H3. The lowest BCUT2D eigenvalue weighted by atomic mass is 10.2. The molecule has 0 aliphatic heterocycles. The van der Waals surface area contributed by atoms with E-state index in [1.807, 2.05) is 32.2 Å². The summed E-state index contributed by atoms with van der Waals surface area (Å²) in [5.41, 5.74) is 2.66. The molecule has 0 spiro atoms. The molecule has 1 aromatic carbocycles.